The molecule has 3 aliphatic rings. The normalized spacial score (nSPS) is 30.5. The topological polar surface area (TPSA) is 81.2 Å². The van der Waals surface area contributed by atoms with Crippen molar-refractivity contribution in [2.75, 3.05) is 26.3 Å². The summed E-state index contributed by atoms with van der Waals surface area (Å²) in [6, 6.07) is 1.29. The number of morpholine rings is 1. The van der Waals surface area contributed by atoms with Gasteiger partial charge < -0.3 is 14.4 Å². The van der Waals surface area contributed by atoms with E-state index in [0.29, 0.717) is 23.7 Å². The van der Waals surface area contributed by atoms with Crippen molar-refractivity contribution in [1.29, 1.82) is 0 Å². The molecule has 31 heavy (non-hydrogen) atoms. The monoisotopic (exact) mass is 428 g/mol. The van der Waals surface area contributed by atoms with E-state index in [0.717, 1.165) is 51.0 Å². The van der Waals surface area contributed by atoms with Crippen LogP contribution in [0.4, 0.5) is 0 Å². The predicted molar refractivity (Wildman–Crippen MR) is 117 cm³/mol. The first-order valence-electron chi connectivity index (χ1n) is 12.1. The second kappa shape index (κ2) is 9.38. The van der Waals surface area contributed by atoms with Gasteiger partial charge in [-0.05, 0) is 62.8 Å². The molecule has 2 saturated carbocycles. The van der Waals surface area contributed by atoms with Crippen molar-refractivity contribution in [3.05, 3.63) is 29.6 Å². The molecule has 8 nitrogen and oxygen atoms in total. The van der Waals surface area contributed by atoms with Gasteiger partial charge in [-0.1, -0.05) is 0 Å². The van der Waals surface area contributed by atoms with Gasteiger partial charge in [0.15, 0.2) is 5.82 Å². The van der Waals surface area contributed by atoms with Crippen LogP contribution < -0.4 is 0 Å². The number of rotatable bonds is 5. The maximum absolute atomic E-state index is 9.37. The summed E-state index contributed by atoms with van der Waals surface area (Å²) in [7, 11) is 1.96. The highest BCUT2D eigenvalue weighted by atomic mass is 16.5. The summed E-state index contributed by atoms with van der Waals surface area (Å²) in [6.07, 6.45) is 14.0. The van der Waals surface area contributed by atoms with Crippen LogP contribution in [0.5, 0.6) is 0 Å². The Kier molecular flexibility index (Phi) is 6.39. The van der Waals surface area contributed by atoms with Crippen LogP contribution in [0.3, 0.4) is 0 Å². The minimum Gasteiger partial charge on any atom is -0.388 e. The van der Waals surface area contributed by atoms with Crippen molar-refractivity contribution in [2.24, 2.45) is 7.05 Å². The Hall–Kier alpha value is -1.77. The molecule has 0 amide bonds. The third-order valence-electron chi connectivity index (χ3n) is 7.93. The van der Waals surface area contributed by atoms with Crippen LogP contribution in [0.15, 0.2) is 12.4 Å². The van der Waals surface area contributed by atoms with Crippen molar-refractivity contribution in [2.45, 2.75) is 81.9 Å². The van der Waals surface area contributed by atoms with Gasteiger partial charge >= 0.3 is 0 Å². The molecule has 0 spiro atoms. The highest BCUT2D eigenvalue weighted by molar-refractivity contribution is 5.15. The molecule has 1 saturated heterocycles. The number of hydrogen-bond acceptors (Lipinski definition) is 6. The zero-order valence-corrected chi connectivity index (χ0v) is 18.7. The van der Waals surface area contributed by atoms with Crippen LogP contribution in [0, 0.1) is 0 Å². The molecule has 2 aromatic heterocycles. The lowest BCUT2D eigenvalue weighted by Crippen LogP contribution is -2.45. The van der Waals surface area contributed by atoms with Gasteiger partial charge in [0.25, 0.3) is 0 Å². The predicted octanol–water partition coefficient (Wildman–Crippen LogP) is 2.76. The van der Waals surface area contributed by atoms with Crippen LogP contribution in [0.2, 0.25) is 0 Å². The lowest BCUT2D eigenvalue weighted by Gasteiger charge is -2.38. The number of aromatic nitrogens is 5. The highest BCUT2D eigenvalue weighted by Crippen LogP contribution is 2.40. The van der Waals surface area contributed by atoms with Crippen LogP contribution in [0.1, 0.15) is 86.5 Å². The van der Waals surface area contributed by atoms with E-state index >= 15 is 0 Å². The zero-order chi connectivity index (χ0) is 21.2. The van der Waals surface area contributed by atoms with Crippen LogP contribution in [-0.2, 0) is 18.4 Å². The van der Waals surface area contributed by atoms with Crippen LogP contribution in [0.25, 0.3) is 0 Å². The molecule has 0 aromatic carbocycles. The van der Waals surface area contributed by atoms with Crippen molar-refractivity contribution in [1.82, 2.24) is 29.4 Å². The number of nitrogens with zero attached hydrogens (tertiary/aromatic N) is 6. The molecule has 1 aliphatic heterocycles. The third-order valence-corrected chi connectivity index (χ3v) is 7.93. The Balaban J connectivity index is 1.14. The fraction of sp³-hybridized carbons (Fsp3) is 0.783. The van der Waals surface area contributed by atoms with Crippen molar-refractivity contribution >= 4 is 0 Å². The molecule has 5 rings (SSSR count). The average molecular weight is 429 g/mol. The second-order valence-electron chi connectivity index (χ2n) is 9.60. The third kappa shape index (κ3) is 4.43. The SMILES string of the molecule is Cn1c(CO)nnc1C1CCC(c2cnn(C3CCC(N4CCOCC4)CC3)c2)CC1. The molecule has 170 valence electrons. The zero-order valence-electron chi connectivity index (χ0n) is 18.7. The minimum absolute atomic E-state index is 0.0492. The average Bonchev–Trinajstić information content (AvgIpc) is 3.47. The molecular weight excluding hydrogens is 392 g/mol. The number of hydrogen-bond donors (Lipinski definition) is 1. The standard InChI is InChI=1S/C23H36N6O2/c1-27-22(16-30)25-26-23(27)18-4-2-17(3-5-18)19-14-24-29(15-19)21-8-6-20(7-9-21)28-10-12-31-13-11-28/h14-15,17-18,20-21,30H,2-13,16H2,1H3. The molecule has 0 atom stereocenters. The van der Waals surface area contributed by atoms with Gasteiger partial charge in [0.05, 0.1) is 25.5 Å². The van der Waals surface area contributed by atoms with E-state index < -0.39 is 0 Å². The number of aliphatic hydroxyl groups excluding tert-OH is 1. The largest absolute Gasteiger partial charge is 0.388 e. The van der Waals surface area contributed by atoms with Gasteiger partial charge in [0.2, 0.25) is 0 Å². The van der Waals surface area contributed by atoms with E-state index in [4.69, 9.17) is 9.84 Å². The van der Waals surface area contributed by atoms with E-state index in [1.54, 1.807) is 0 Å². The van der Waals surface area contributed by atoms with Gasteiger partial charge in [-0.3, -0.25) is 9.58 Å². The van der Waals surface area contributed by atoms with E-state index in [1.807, 2.05) is 11.6 Å². The van der Waals surface area contributed by atoms with Gasteiger partial charge in [-0.15, -0.1) is 10.2 Å². The number of ether oxygens (including phenoxy) is 1. The Morgan fingerprint density at radius 1 is 0.935 bits per heavy atom. The highest BCUT2D eigenvalue weighted by Gasteiger charge is 2.30. The molecule has 2 aliphatic carbocycles. The molecule has 2 aromatic rings. The van der Waals surface area contributed by atoms with E-state index in [1.165, 1.54) is 44.1 Å². The lowest BCUT2D eigenvalue weighted by atomic mass is 9.79. The Morgan fingerprint density at radius 2 is 1.61 bits per heavy atom. The van der Waals surface area contributed by atoms with Crippen molar-refractivity contribution in [3.63, 3.8) is 0 Å². The second-order valence-corrected chi connectivity index (χ2v) is 9.60. The molecule has 8 heteroatoms. The lowest BCUT2D eigenvalue weighted by molar-refractivity contribution is 0.00506. The van der Waals surface area contributed by atoms with Crippen molar-refractivity contribution in [3.8, 4) is 0 Å². The quantitative estimate of drug-likeness (QED) is 0.789. The Morgan fingerprint density at radius 3 is 2.29 bits per heavy atom. The van der Waals surface area contributed by atoms with Crippen LogP contribution >= 0.6 is 0 Å². The van der Waals surface area contributed by atoms with Gasteiger partial charge in [0, 0.05) is 38.3 Å². The summed E-state index contributed by atoms with van der Waals surface area (Å²) in [5.41, 5.74) is 1.41. The molecule has 3 heterocycles. The van der Waals surface area contributed by atoms with Gasteiger partial charge in [0.1, 0.15) is 12.4 Å². The summed E-state index contributed by atoms with van der Waals surface area (Å²) in [5, 5.41) is 22.6. The maximum Gasteiger partial charge on any atom is 0.158 e. The number of aliphatic hydroxyl groups is 1. The Bertz CT molecular complexity index is 842. The molecule has 0 bridgehead atoms. The summed E-state index contributed by atoms with van der Waals surface area (Å²) in [4.78, 5) is 2.63. The molecule has 1 N–H and O–H groups in total. The van der Waals surface area contributed by atoms with E-state index in [-0.39, 0.29) is 6.61 Å². The first kappa shape index (κ1) is 21.1. The summed E-state index contributed by atoms with van der Waals surface area (Å²) >= 11 is 0. The van der Waals surface area contributed by atoms with Crippen molar-refractivity contribution < 1.29 is 9.84 Å². The van der Waals surface area contributed by atoms with Gasteiger partial charge in [-0.2, -0.15) is 5.10 Å². The first-order chi connectivity index (χ1) is 15.2. The van der Waals surface area contributed by atoms with Gasteiger partial charge in [-0.25, -0.2) is 0 Å². The van der Waals surface area contributed by atoms with Crippen LogP contribution in [-0.4, -0.2) is 66.9 Å². The minimum atomic E-state index is -0.0492. The molecular formula is C23H36N6O2. The first-order valence-corrected chi connectivity index (χ1v) is 12.1. The van der Waals surface area contributed by atoms with E-state index in [9.17, 15) is 5.11 Å². The smallest absolute Gasteiger partial charge is 0.158 e. The molecule has 0 unspecified atom stereocenters. The summed E-state index contributed by atoms with van der Waals surface area (Å²) in [6.45, 7) is 3.93. The fourth-order valence-corrected chi connectivity index (χ4v) is 5.95. The molecule has 0 radical (unpaired) electrons. The van der Waals surface area contributed by atoms with E-state index in [2.05, 4.69) is 32.2 Å². The Labute approximate surface area is 184 Å². The summed E-state index contributed by atoms with van der Waals surface area (Å²) < 4.78 is 9.74. The molecule has 3 fully saturated rings. The maximum atomic E-state index is 9.37. The summed E-state index contributed by atoms with van der Waals surface area (Å²) in [5.74, 6) is 2.72. The fourth-order valence-electron chi connectivity index (χ4n) is 5.95.